The van der Waals surface area contributed by atoms with E-state index in [9.17, 15) is 18.0 Å². The predicted octanol–water partition coefficient (Wildman–Crippen LogP) is 4.13. The fourth-order valence-corrected chi connectivity index (χ4v) is 3.79. The molecule has 7 heteroatoms. The van der Waals surface area contributed by atoms with Crippen LogP contribution in [0.2, 0.25) is 0 Å². The van der Waals surface area contributed by atoms with Gasteiger partial charge >= 0.3 is 6.18 Å². The Bertz CT molecular complexity index is 833. The second kappa shape index (κ2) is 8.86. The van der Waals surface area contributed by atoms with Crippen molar-refractivity contribution in [1.29, 1.82) is 0 Å². The van der Waals surface area contributed by atoms with E-state index >= 15 is 0 Å². The summed E-state index contributed by atoms with van der Waals surface area (Å²) in [7, 11) is 1.75. The molecule has 0 unspecified atom stereocenters. The number of carbonyl (C=O) groups excluding carboxylic acids is 1. The first-order valence-electron chi connectivity index (χ1n) is 9.74. The van der Waals surface area contributed by atoms with Gasteiger partial charge in [0.15, 0.2) is 0 Å². The lowest BCUT2D eigenvalue weighted by Gasteiger charge is -2.32. The number of hydrogen-bond acceptors (Lipinski definition) is 3. The number of halogens is 3. The van der Waals surface area contributed by atoms with Crippen LogP contribution in [-0.4, -0.2) is 42.4 Å². The van der Waals surface area contributed by atoms with E-state index in [1.807, 2.05) is 30.3 Å². The summed E-state index contributed by atoms with van der Waals surface area (Å²) in [6, 6.07) is 13.2. The van der Waals surface area contributed by atoms with Crippen LogP contribution in [0.25, 0.3) is 0 Å². The Morgan fingerprint density at radius 2 is 1.79 bits per heavy atom. The van der Waals surface area contributed by atoms with Gasteiger partial charge in [0, 0.05) is 19.3 Å². The minimum Gasteiger partial charge on any atom is -0.398 e. The van der Waals surface area contributed by atoms with E-state index in [0.29, 0.717) is 5.56 Å². The third-order valence-corrected chi connectivity index (χ3v) is 5.45. The van der Waals surface area contributed by atoms with Crippen LogP contribution < -0.4 is 5.73 Å². The van der Waals surface area contributed by atoms with Crippen molar-refractivity contribution in [3.05, 3.63) is 65.2 Å². The van der Waals surface area contributed by atoms with E-state index in [4.69, 9.17) is 5.73 Å². The number of nitrogens with zero attached hydrogens (tertiary/aromatic N) is 2. The highest BCUT2D eigenvalue weighted by Crippen LogP contribution is 2.34. The molecule has 1 aliphatic heterocycles. The molecule has 0 aliphatic carbocycles. The Hall–Kier alpha value is -2.54. The largest absolute Gasteiger partial charge is 0.418 e. The van der Waals surface area contributed by atoms with Gasteiger partial charge < -0.3 is 15.5 Å². The second-order valence-corrected chi connectivity index (χ2v) is 7.53. The summed E-state index contributed by atoms with van der Waals surface area (Å²) in [6.45, 7) is 2.77. The van der Waals surface area contributed by atoms with Crippen molar-refractivity contribution in [2.24, 2.45) is 0 Å². The molecule has 156 valence electrons. The van der Waals surface area contributed by atoms with Crippen molar-refractivity contribution in [3.8, 4) is 0 Å². The van der Waals surface area contributed by atoms with E-state index < -0.39 is 11.7 Å². The van der Waals surface area contributed by atoms with Crippen LogP contribution in [0.5, 0.6) is 0 Å². The summed E-state index contributed by atoms with van der Waals surface area (Å²) in [5.41, 5.74) is 5.85. The van der Waals surface area contributed by atoms with Crippen LogP contribution in [0.4, 0.5) is 18.9 Å². The predicted molar refractivity (Wildman–Crippen MR) is 107 cm³/mol. The van der Waals surface area contributed by atoms with Crippen LogP contribution in [0, 0.1) is 0 Å². The van der Waals surface area contributed by atoms with Gasteiger partial charge in [-0.3, -0.25) is 4.79 Å². The Balaban J connectivity index is 1.76. The minimum atomic E-state index is -4.50. The van der Waals surface area contributed by atoms with Crippen molar-refractivity contribution in [1.82, 2.24) is 9.80 Å². The summed E-state index contributed by atoms with van der Waals surface area (Å²) >= 11 is 0. The lowest BCUT2D eigenvalue weighted by Crippen LogP contribution is -2.39. The molecule has 2 N–H and O–H groups in total. The van der Waals surface area contributed by atoms with E-state index in [0.717, 1.165) is 44.1 Å². The van der Waals surface area contributed by atoms with Crippen molar-refractivity contribution >= 4 is 11.6 Å². The number of hydrogen-bond donors (Lipinski definition) is 1. The third kappa shape index (κ3) is 5.29. The monoisotopic (exact) mass is 405 g/mol. The van der Waals surface area contributed by atoms with Gasteiger partial charge in [0.2, 0.25) is 5.91 Å². The molecule has 0 bridgehead atoms. The highest BCUT2D eigenvalue weighted by molar-refractivity contribution is 5.79. The number of anilines is 1. The molecule has 2 aromatic carbocycles. The first kappa shape index (κ1) is 21.2. The Morgan fingerprint density at radius 1 is 1.14 bits per heavy atom. The lowest BCUT2D eigenvalue weighted by molar-refractivity contribution is -0.136. The average molecular weight is 405 g/mol. The zero-order valence-corrected chi connectivity index (χ0v) is 16.5. The van der Waals surface area contributed by atoms with Gasteiger partial charge in [-0.15, -0.1) is 0 Å². The molecule has 1 atom stereocenters. The number of amides is 1. The molecule has 1 saturated heterocycles. The van der Waals surface area contributed by atoms with Gasteiger partial charge in [-0.05, 0) is 49.2 Å². The molecule has 0 spiro atoms. The zero-order valence-electron chi connectivity index (χ0n) is 16.5. The Morgan fingerprint density at radius 3 is 2.38 bits per heavy atom. The van der Waals surface area contributed by atoms with Gasteiger partial charge in [0.1, 0.15) is 0 Å². The smallest absolute Gasteiger partial charge is 0.398 e. The molecule has 0 radical (unpaired) electrons. The van der Waals surface area contributed by atoms with Crippen LogP contribution in [0.15, 0.2) is 48.5 Å². The van der Waals surface area contributed by atoms with Crippen LogP contribution in [0.3, 0.4) is 0 Å². The molecule has 0 saturated carbocycles. The normalized spacial score (nSPS) is 16.0. The van der Waals surface area contributed by atoms with Crippen molar-refractivity contribution in [2.75, 3.05) is 32.4 Å². The molecule has 2 aromatic rings. The quantitative estimate of drug-likeness (QED) is 0.736. The standard InChI is InChI=1S/C22H26F3N3O/c1-27(20(15-28-11-5-6-12-28)17-7-3-2-4-8-17)21(29)14-16-9-10-18(19(26)13-16)22(23,24)25/h2-4,7-10,13,20H,5-6,11-12,14-15,26H2,1H3/t20-/m1/s1. The number of benzene rings is 2. The van der Waals surface area contributed by atoms with E-state index in [1.54, 1.807) is 11.9 Å². The molecule has 29 heavy (non-hydrogen) atoms. The molecule has 1 aliphatic rings. The average Bonchev–Trinajstić information content (AvgIpc) is 3.18. The maximum atomic E-state index is 12.9. The topological polar surface area (TPSA) is 49.6 Å². The summed E-state index contributed by atoms with van der Waals surface area (Å²) in [5.74, 6) is -0.155. The van der Waals surface area contributed by atoms with E-state index in [1.165, 1.54) is 12.1 Å². The van der Waals surface area contributed by atoms with Crippen molar-refractivity contribution in [2.45, 2.75) is 31.5 Å². The highest BCUT2D eigenvalue weighted by Gasteiger charge is 2.33. The van der Waals surface area contributed by atoms with E-state index in [2.05, 4.69) is 4.90 Å². The number of rotatable bonds is 6. The summed E-state index contributed by atoms with van der Waals surface area (Å²) in [5, 5.41) is 0. The third-order valence-electron chi connectivity index (χ3n) is 5.45. The number of likely N-dealkylation sites (N-methyl/N-ethyl adjacent to an activating group) is 1. The molecule has 3 rings (SSSR count). The maximum absolute atomic E-state index is 12.9. The number of likely N-dealkylation sites (tertiary alicyclic amines) is 1. The van der Waals surface area contributed by atoms with Gasteiger partial charge in [0.05, 0.1) is 18.0 Å². The minimum absolute atomic E-state index is 0.00215. The fraction of sp³-hybridized carbons (Fsp3) is 0.409. The molecule has 1 fully saturated rings. The first-order valence-corrected chi connectivity index (χ1v) is 9.74. The molecular weight excluding hydrogens is 379 g/mol. The van der Waals surface area contributed by atoms with E-state index in [-0.39, 0.29) is 24.1 Å². The molecule has 4 nitrogen and oxygen atoms in total. The fourth-order valence-electron chi connectivity index (χ4n) is 3.79. The SMILES string of the molecule is CN(C(=O)Cc1ccc(C(F)(F)F)c(N)c1)[C@H](CN1CCCC1)c1ccccc1. The lowest BCUT2D eigenvalue weighted by atomic mass is 10.0. The van der Waals surface area contributed by atoms with Gasteiger partial charge in [0.25, 0.3) is 0 Å². The highest BCUT2D eigenvalue weighted by atomic mass is 19.4. The number of alkyl halides is 3. The number of nitrogen functional groups attached to an aromatic ring is 1. The maximum Gasteiger partial charge on any atom is 0.418 e. The van der Waals surface area contributed by atoms with Gasteiger partial charge in [-0.2, -0.15) is 13.2 Å². The molecule has 0 aromatic heterocycles. The summed E-state index contributed by atoms with van der Waals surface area (Å²) in [4.78, 5) is 17.0. The van der Waals surface area contributed by atoms with Crippen LogP contribution in [0.1, 0.15) is 35.6 Å². The molecule has 1 heterocycles. The van der Waals surface area contributed by atoms with Crippen molar-refractivity contribution < 1.29 is 18.0 Å². The first-order chi connectivity index (χ1) is 13.8. The van der Waals surface area contributed by atoms with Crippen molar-refractivity contribution in [3.63, 3.8) is 0 Å². The second-order valence-electron chi connectivity index (χ2n) is 7.53. The zero-order chi connectivity index (χ0) is 21.0. The number of nitrogens with two attached hydrogens (primary N) is 1. The number of carbonyl (C=O) groups is 1. The Kier molecular flexibility index (Phi) is 6.47. The summed E-state index contributed by atoms with van der Waals surface area (Å²) in [6.07, 6.45) is -2.19. The van der Waals surface area contributed by atoms with Gasteiger partial charge in [-0.1, -0.05) is 36.4 Å². The summed E-state index contributed by atoms with van der Waals surface area (Å²) < 4.78 is 38.7. The van der Waals surface area contributed by atoms with Crippen LogP contribution in [-0.2, 0) is 17.4 Å². The molecular formula is C22H26F3N3O. The van der Waals surface area contributed by atoms with Crippen LogP contribution >= 0.6 is 0 Å². The van der Waals surface area contributed by atoms with Gasteiger partial charge in [-0.25, -0.2) is 0 Å². The molecule has 1 amide bonds. The Labute approximate surface area is 169 Å².